The third-order valence-corrected chi connectivity index (χ3v) is 2.68. The Morgan fingerprint density at radius 1 is 1.39 bits per heavy atom. The highest BCUT2D eigenvalue weighted by molar-refractivity contribution is 6.02. The molecule has 0 aliphatic heterocycles. The van der Waals surface area contributed by atoms with Crippen LogP contribution >= 0.6 is 0 Å². The van der Waals surface area contributed by atoms with Crippen molar-refractivity contribution in [3.63, 3.8) is 0 Å². The van der Waals surface area contributed by atoms with Gasteiger partial charge in [-0.25, -0.2) is 0 Å². The number of rotatable bonds is 4. The molecule has 100 valence electrons. The van der Waals surface area contributed by atoms with Gasteiger partial charge in [0.1, 0.15) is 0 Å². The second-order valence-corrected chi connectivity index (χ2v) is 4.43. The van der Waals surface area contributed by atoms with E-state index in [2.05, 4.69) is 10.4 Å². The fourth-order valence-corrected chi connectivity index (χ4v) is 1.55. The number of aromatic nitrogens is 2. The lowest BCUT2D eigenvalue weighted by molar-refractivity contribution is -0.116. The molecular weight excluding hydrogens is 232 g/mol. The molecule has 0 aliphatic rings. The number of amides is 2. The van der Waals surface area contributed by atoms with E-state index in [0.29, 0.717) is 12.1 Å². The van der Waals surface area contributed by atoms with Crippen molar-refractivity contribution < 1.29 is 9.59 Å². The summed E-state index contributed by atoms with van der Waals surface area (Å²) < 4.78 is 1.60. The van der Waals surface area contributed by atoms with Gasteiger partial charge in [0, 0.05) is 27.6 Å². The van der Waals surface area contributed by atoms with E-state index in [1.54, 1.807) is 25.8 Å². The zero-order valence-electron chi connectivity index (χ0n) is 11.6. The Morgan fingerprint density at radius 2 is 2.00 bits per heavy atom. The Bertz CT molecular complexity index is 463. The van der Waals surface area contributed by atoms with Crippen molar-refractivity contribution in [1.82, 2.24) is 14.7 Å². The Kier molecular flexibility index (Phi) is 4.47. The van der Waals surface area contributed by atoms with Crippen LogP contribution in [0.5, 0.6) is 0 Å². The third-order valence-electron chi connectivity index (χ3n) is 2.68. The molecule has 0 bridgehead atoms. The third kappa shape index (κ3) is 2.88. The van der Waals surface area contributed by atoms with Crippen LogP contribution in [0.15, 0.2) is 0 Å². The van der Waals surface area contributed by atoms with Crippen LogP contribution in [0, 0.1) is 6.92 Å². The molecule has 1 heterocycles. The summed E-state index contributed by atoms with van der Waals surface area (Å²) in [6, 6.07) is 0. The van der Waals surface area contributed by atoms with Crippen LogP contribution in [0.4, 0.5) is 5.69 Å². The van der Waals surface area contributed by atoms with Crippen LogP contribution in [-0.2, 0) is 11.8 Å². The fourth-order valence-electron chi connectivity index (χ4n) is 1.55. The Labute approximate surface area is 107 Å². The molecule has 0 saturated carbocycles. The summed E-state index contributed by atoms with van der Waals surface area (Å²) in [5, 5.41) is 6.92. The summed E-state index contributed by atoms with van der Waals surface area (Å²) in [6.07, 6.45) is 1.20. The lowest BCUT2D eigenvalue weighted by atomic mass is 10.2. The van der Waals surface area contributed by atoms with Crippen molar-refractivity contribution in [3.05, 3.63) is 11.4 Å². The molecule has 0 fully saturated rings. The van der Waals surface area contributed by atoms with Crippen LogP contribution in [0.1, 0.15) is 35.9 Å². The Morgan fingerprint density at radius 3 is 2.50 bits per heavy atom. The zero-order valence-corrected chi connectivity index (χ0v) is 11.6. The van der Waals surface area contributed by atoms with E-state index in [9.17, 15) is 9.59 Å². The van der Waals surface area contributed by atoms with E-state index in [1.807, 2.05) is 13.8 Å². The molecule has 1 aromatic rings. The van der Waals surface area contributed by atoms with E-state index >= 15 is 0 Å². The maximum absolute atomic E-state index is 12.0. The molecular formula is C12H20N4O2. The average Bonchev–Trinajstić information content (AvgIpc) is 2.56. The van der Waals surface area contributed by atoms with Gasteiger partial charge in [-0.15, -0.1) is 0 Å². The molecule has 18 heavy (non-hydrogen) atoms. The van der Waals surface area contributed by atoms with Crippen molar-refractivity contribution in [1.29, 1.82) is 0 Å². The van der Waals surface area contributed by atoms with Crippen molar-refractivity contribution in [3.8, 4) is 0 Å². The predicted octanol–water partition coefficient (Wildman–Crippen LogP) is 1.17. The van der Waals surface area contributed by atoms with Crippen LogP contribution in [0.3, 0.4) is 0 Å². The predicted molar refractivity (Wildman–Crippen MR) is 69.5 cm³/mol. The maximum Gasteiger partial charge on any atom is 0.276 e. The second kappa shape index (κ2) is 5.66. The molecule has 0 spiro atoms. The van der Waals surface area contributed by atoms with Crippen LogP contribution in [-0.4, -0.2) is 40.6 Å². The highest BCUT2D eigenvalue weighted by atomic mass is 16.2. The van der Waals surface area contributed by atoms with Crippen LogP contribution in [0.25, 0.3) is 0 Å². The molecule has 6 nitrogen and oxygen atoms in total. The molecule has 1 aromatic heterocycles. The Hall–Kier alpha value is -1.85. The number of nitrogens with zero attached hydrogens (tertiary/aromatic N) is 3. The minimum absolute atomic E-state index is 0.0959. The minimum Gasteiger partial charge on any atom is -0.343 e. The van der Waals surface area contributed by atoms with E-state index < -0.39 is 0 Å². The number of carbonyl (C=O) groups is 2. The number of hydrogen-bond acceptors (Lipinski definition) is 3. The number of anilines is 1. The van der Waals surface area contributed by atoms with Crippen LogP contribution in [0.2, 0.25) is 0 Å². The topological polar surface area (TPSA) is 67.2 Å². The number of aryl methyl sites for hydroxylation is 1. The van der Waals surface area contributed by atoms with Gasteiger partial charge in [-0.2, -0.15) is 5.10 Å². The first-order valence-electron chi connectivity index (χ1n) is 5.93. The molecule has 6 heteroatoms. The molecule has 0 radical (unpaired) electrons. The molecule has 1 N–H and O–H groups in total. The summed E-state index contributed by atoms with van der Waals surface area (Å²) >= 11 is 0. The van der Waals surface area contributed by atoms with Gasteiger partial charge >= 0.3 is 0 Å². The summed E-state index contributed by atoms with van der Waals surface area (Å²) in [5.74, 6) is -0.313. The lowest BCUT2D eigenvalue weighted by Gasteiger charge is -2.10. The van der Waals surface area contributed by atoms with Gasteiger partial charge in [0.2, 0.25) is 5.91 Å². The lowest BCUT2D eigenvalue weighted by Crippen LogP contribution is -2.24. The summed E-state index contributed by atoms with van der Waals surface area (Å²) in [7, 11) is 5.06. The first kappa shape index (κ1) is 14.2. The average molecular weight is 252 g/mol. The first-order valence-corrected chi connectivity index (χ1v) is 5.93. The standard InChI is InChI=1S/C12H20N4O2/c1-6-7-9(17)13-10-8(2)16(5)14-11(10)12(18)15(3)4/h6-7H2,1-5H3,(H,13,17). The monoisotopic (exact) mass is 252 g/mol. The SMILES string of the molecule is CCCC(=O)Nc1c(C(=O)N(C)C)nn(C)c1C. The normalized spacial score (nSPS) is 10.3. The van der Waals surface area contributed by atoms with Crippen molar-refractivity contribution in [2.45, 2.75) is 26.7 Å². The van der Waals surface area contributed by atoms with Gasteiger partial charge in [-0.3, -0.25) is 14.3 Å². The van der Waals surface area contributed by atoms with E-state index in [-0.39, 0.29) is 17.5 Å². The van der Waals surface area contributed by atoms with Gasteiger partial charge < -0.3 is 10.2 Å². The maximum atomic E-state index is 12.0. The fraction of sp³-hybridized carbons (Fsp3) is 0.583. The first-order chi connectivity index (χ1) is 8.38. The quantitative estimate of drug-likeness (QED) is 0.874. The van der Waals surface area contributed by atoms with Crippen molar-refractivity contribution in [2.24, 2.45) is 7.05 Å². The molecule has 1 rings (SSSR count). The molecule has 0 saturated heterocycles. The molecule has 0 aromatic carbocycles. The molecule has 0 aliphatic carbocycles. The highest BCUT2D eigenvalue weighted by Gasteiger charge is 2.22. The van der Waals surface area contributed by atoms with Gasteiger partial charge in [0.15, 0.2) is 5.69 Å². The van der Waals surface area contributed by atoms with Gasteiger partial charge in [0.05, 0.1) is 11.4 Å². The van der Waals surface area contributed by atoms with E-state index in [1.165, 1.54) is 4.90 Å². The number of carbonyl (C=O) groups excluding carboxylic acids is 2. The minimum atomic E-state index is -0.217. The van der Waals surface area contributed by atoms with E-state index in [4.69, 9.17) is 0 Å². The Balaban J connectivity index is 3.09. The summed E-state index contributed by atoms with van der Waals surface area (Å²) in [5.41, 5.74) is 1.56. The molecule has 0 atom stereocenters. The molecule has 0 unspecified atom stereocenters. The summed E-state index contributed by atoms with van der Waals surface area (Å²) in [4.78, 5) is 25.1. The van der Waals surface area contributed by atoms with E-state index in [0.717, 1.165) is 12.1 Å². The van der Waals surface area contributed by atoms with Crippen molar-refractivity contribution >= 4 is 17.5 Å². The van der Waals surface area contributed by atoms with Crippen molar-refractivity contribution in [2.75, 3.05) is 19.4 Å². The number of nitrogens with one attached hydrogen (secondary N) is 1. The van der Waals surface area contributed by atoms with Gasteiger partial charge in [0.25, 0.3) is 5.91 Å². The largest absolute Gasteiger partial charge is 0.343 e. The van der Waals surface area contributed by atoms with Gasteiger partial charge in [-0.05, 0) is 13.3 Å². The number of hydrogen-bond donors (Lipinski definition) is 1. The zero-order chi connectivity index (χ0) is 13.9. The van der Waals surface area contributed by atoms with Gasteiger partial charge in [-0.1, -0.05) is 6.92 Å². The van der Waals surface area contributed by atoms with Crippen LogP contribution < -0.4 is 5.32 Å². The molecule has 2 amide bonds. The smallest absolute Gasteiger partial charge is 0.276 e. The second-order valence-electron chi connectivity index (χ2n) is 4.43. The summed E-state index contributed by atoms with van der Waals surface area (Å²) in [6.45, 7) is 3.75. The highest BCUT2D eigenvalue weighted by Crippen LogP contribution is 2.20.